The number of phenols is 1. The monoisotopic (exact) mass is 499 g/mol. The topological polar surface area (TPSA) is 73.8 Å². The first kappa shape index (κ1) is 22.7. The molecule has 37 heavy (non-hydrogen) atoms. The Labute approximate surface area is 214 Å². The van der Waals surface area contributed by atoms with E-state index in [4.69, 9.17) is 9.72 Å². The van der Waals surface area contributed by atoms with Crippen LogP contribution < -0.4 is 15.0 Å². The van der Waals surface area contributed by atoms with E-state index in [-0.39, 0.29) is 17.3 Å². The van der Waals surface area contributed by atoms with Gasteiger partial charge in [-0.05, 0) is 66.9 Å². The summed E-state index contributed by atoms with van der Waals surface area (Å²) >= 11 is 0. The van der Waals surface area contributed by atoms with Crippen molar-refractivity contribution >= 4 is 27.5 Å². The van der Waals surface area contributed by atoms with Crippen molar-refractivity contribution < 1.29 is 14.2 Å². The van der Waals surface area contributed by atoms with Crippen molar-refractivity contribution in [3.05, 3.63) is 54.3 Å². The van der Waals surface area contributed by atoms with Crippen LogP contribution in [0.1, 0.15) is 19.3 Å². The highest BCUT2D eigenvalue weighted by molar-refractivity contribution is 6.01. The number of benzene rings is 3. The number of halogens is 1. The van der Waals surface area contributed by atoms with Crippen molar-refractivity contribution in [2.75, 3.05) is 44.2 Å². The van der Waals surface area contributed by atoms with Crippen molar-refractivity contribution in [3.63, 3.8) is 0 Å². The zero-order chi connectivity index (χ0) is 24.9. The average molecular weight is 500 g/mol. The number of hydrogen-bond acceptors (Lipinski definition) is 7. The Balaban J connectivity index is 1.34. The van der Waals surface area contributed by atoms with Crippen LogP contribution in [0, 0.1) is 5.82 Å². The molecule has 190 valence electrons. The normalized spacial score (nSPS) is 21.5. The molecule has 3 fully saturated rings. The third-order valence-electron chi connectivity index (χ3n) is 8.01. The number of nitrogens with one attached hydrogen (secondary N) is 1. The number of rotatable bonds is 6. The van der Waals surface area contributed by atoms with Crippen LogP contribution >= 0.6 is 0 Å². The summed E-state index contributed by atoms with van der Waals surface area (Å²) in [5.74, 6) is 0.402. The fourth-order valence-electron chi connectivity index (χ4n) is 6.00. The van der Waals surface area contributed by atoms with Gasteiger partial charge in [-0.1, -0.05) is 30.3 Å². The Morgan fingerprint density at radius 3 is 2.57 bits per heavy atom. The second kappa shape index (κ2) is 9.11. The summed E-state index contributed by atoms with van der Waals surface area (Å²) in [4.78, 5) is 14.0. The van der Waals surface area contributed by atoms with Gasteiger partial charge in [0, 0.05) is 42.7 Å². The molecular weight excluding hydrogens is 469 g/mol. The maximum atomic E-state index is 16.4. The molecule has 7 rings (SSSR count). The zero-order valence-electron chi connectivity index (χ0n) is 20.7. The van der Waals surface area contributed by atoms with E-state index in [2.05, 4.69) is 20.1 Å². The Kier molecular flexibility index (Phi) is 5.59. The quantitative estimate of drug-likeness (QED) is 0.409. The molecule has 0 saturated carbocycles. The van der Waals surface area contributed by atoms with E-state index in [9.17, 15) is 5.11 Å². The smallest absolute Gasteiger partial charge is 0.319 e. The Bertz CT molecular complexity index is 1480. The van der Waals surface area contributed by atoms with Crippen LogP contribution in [-0.4, -0.2) is 71.4 Å². The third-order valence-corrected chi connectivity index (χ3v) is 8.01. The first-order chi connectivity index (χ1) is 18.1. The van der Waals surface area contributed by atoms with Crippen LogP contribution in [0.4, 0.5) is 10.2 Å². The minimum atomic E-state index is -0.428. The van der Waals surface area contributed by atoms with Gasteiger partial charge in [-0.3, -0.25) is 4.90 Å². The van der Waals surface area contributed by atoms with Gasteiger partial charge < -0.3 is 20.1 Å². The first-order valence-electron chi connectivity index (χ1n) is 13.2. The minimum absolute atomic E-state index is 0.0999. The molecule has 0 radical (unpaired) electrons. The van der Waals surface area contributed by atoms with Gasteiger partial charge in [0.2, 0.25) is 0 Å². The predicted molar refractivity (Wildman–Crippen MR) is 143 cm³/mol. The van der Waals surface area contributed by atoms with Gasteiger partial charge in [0.05, 0.1) is 0 Å². The average Bonchev–Trinajstić information content (AvgIpc) is 3.22. The van der Waals surface area contributed by atoms with E-state index < -0.39 is 5.82 Å². The molecule has 7 nitrogen and oxygen atoms in total. The molecule has 0 unspecified atom stereocenters. The van der Waals surface area contributed by atoms with Crippen molar-refractivity contribution in [1.82, 2.24) is 20.2 Å². The SMILES string of the molecule is Oc1cc(-c2ccc3c(N4C[C@H]5CC[C@@H](C4)N5)nc(OCCN4CCC4)nc3c2F)c2ccccc2c1. The summed E-state index contributed by atoms with van der Waals surface area (Å²) in [6.07, 6.45) is 3.51. The number of phenolic OH excluding ortho intramolecular Hbond substituents is 1. The molecule has 8 heteroatoms. The van der Waals surface area contributed by atoms with Crippen molar-refractivity contribution in [3.8, 4) is 22.9 Å². The van der Waals surface area contributed by atoms with Crippen molar-refractivity contribution in [1.29, 1.82) is 0 Å². The summed E-state index contributed by atoms with van der Waals surface area (Å²) in [5, 5.41) is 16.4. The van der Waals surface area contributed by atoms with Gasteiger partial charge in [-0.25, -0.2) is 4.39 Å². The maximum Gasteiger partial charge on any atom is 0.319 e. The van der Waals surface area contributed by atoms with Gasteiger partial charge >= 0.3 is 6.01 Å². The molecule has 4 aromatic rings. The Morgan fingerprint density at radius 1 is 0.973 bits per heavy atom. The fraction of sp³-hybridized carbons (Fsp3) is 0.379. The number of hydrogen-bond donors (Lipinski definition) is 2. The van der Waals surface area contributed by atoms with E-state index in [1.807, 2.05) is 30.3 Å². The van der Waals surface area contributed by atoms with Crippen molar-refractivity contribution in [2.45, 2.75) is 31.3 Å². The summed E-state index contributed by atoms with van der Waals surface area (Å²) in [7, 11) is 0. The largest absolute Gasteiger partial charge is 0.508 e. The first-order valence-corrected chi connectivity index (χ1v) is 13.2. The predicted octanol–water partition coefficient (Wildman–Crippen LogP) is 4.32. The molecule has 0 spiro atoms. The molecular formula is C29H30FN5O2. The van der Waals surface area contributed by atoms with Crippen LogP contribution in [-0.2, 0) is 0 Å². The second-order valence-corrected chi connectivity index (χ2v) is 10.5. The van der Waals surface area contributed by atoms with Crippen LogP contribution in [0.3, 0.4) is 0 Å². The van der Waals surface area contributed by atoms with Crippen LogP contribution in [0.2, 0.25) is 0 Å². The number of aromatic hydroxyl groups is 1. The Hall–Kier alpha value is -3.49. The van der Waals surface area contributed by atoms with E-state index in [0.29, 0.717) is 35.2 Å². The molecule has 1 aromatic heterocycles. The third kappa shape index (κ3) is 4.14. The maximum absolute atomic E-state index is 16.4. The summed E-state index contributed by atoms with van der Waals surface area (Å²) in [5.41, 5.74) is 1.28. The summed E-state index contributed by atoms with van der Waals surface area (Å²) < 4.78 is 22.4. The van der Waals surface area contributed by atoms with E-state index in [1.165, 1.54) is 6.42 Å². The zero-order valence-corrected chi connectivity index (χ0v) is 20.7. The lowest BCUT2D eigenvalue weighted by Gasteiger charge is -2.34. The van der Waals surface area contributed by atoms with Crippen LogP contribution in [0.25, 0.3) is 32.8 Å². The highest BCUT2D eigenvalue weighted by Crippen LogP contribution is 2.38. The van der Waals surface area contributed by atoms with Gasteiger partial charge in [0.25, 0.3) is 0 Å². The molecule has 2 bridgehead atoms. The number of nitrogens with zero attached hydrogens (tertiary/aromatic N) is 4. The van der Waals surface area contributed by atoms with E-state index in [0.717, 1.165) is 62.2 Å². The van der Waals surface area contributed by atoms with Gasteiger partial charge in [0.1, 0.15) is 23.7 Å². The number of piperazine rings is 1. The Morgan fingerprint density at radius 2 is 1.78 bits per heavy atom. The lowest BCUT2D eigenvalue weighted by molar-refractivity contribution is 0.143. The summed E-state index contributed by atoms with van der Waals surface area (Å²) in [6.45, 7) is 5.12. The molecule has 0 amide bonds. The second-order valence-electron chi connectivity index (χ2n) is 10.5. The lowest BCUT2D eigenvalue weighted by Crippen LogP contribution is -2.51. The fourth-order valence-corrected chi connectivity index (χ4v) is 6.00. The molecule has 3 saturated heterocycles. The van der Waals surface area contributed by atoms with E-state index in [1.54, 1.807) is 18.2 Å². The molecule has 3 aliphatic heterocycles. The number of ether oxygens (including phenoxy) is 1. The minimum Gasteiger partial charge on any atom is -0.508 e. The summed E-state index contributed by atoms with van der Waals surface area (Å²) in [6, 6.07) is 15.8. The molecule has 3 aromatic carbocycles. The molecule has 2 atom stereocenters. The number of aromatic nitrogens is 2. The lowest BCUT2D eigenvalue weighted by atomic mass is 9.96. The van der Waals surface area contributed by atoms with Gasteiger partial charge in [0.15, 0.2) is 5.82 Å². The highest BCUT2D eigenvalue weighted by Gasteiger charge is 2.34. The molecule has 2 N–H and O–H groups in total. The number of anilines is 1. The van der Waals surface area contributed by atoms with Crippen molar-refractivity contribution in [2.24, 2.45) is 0 Å². The highest BCUT2D eigenvalue weighted by atomic mass is 19.1. The van der Waals surface area contributed by atoms with Crippen LogP contribution in [0.5, 0.6) is 11.8 Å². The van der Waals surface area contributed by atoms with Crippen LogP contribution in [0.15, 0.2) is 48.5 Å². The molecule has 4 heterocycles. The van der Waals surface area contributed by atoms with Gasteiger partial charge in [-0.2, -0.15) is 9.97 Å². The molecule has 3 aliphatic rings. The van der Waals surface area contributed by atoms with E-state index >= 15 is 4.39 Å². The molecule has 0 aliphatic carbocycles. The standard InChI is InChI=1S/C29H30FN5O2/c30-26-23(25-15-21(36)14-18-4-1-2-5-22(18)25)8-9-24-27(26)32-29(37-13-12-34-10-3-11-34)33-28(24)35-16-19-6-7-20(17-35)31-19/h1-2,4-5,8-9,14-15,19-20,31,36H,3,6-7,10-13,16-17H2/t19-,20+. The number of likely N-dealkylation sites (tertiary alicyclic amines) is 1. The number of fused-ring (bicyclic) bond motifs is 4. The van der Waals surface area contributed by atoms with Gasteiger partial charge in [-0.15, -0.1) is 0 Å².